The molecule has 2 aromatic heterocycles. The lowest BCUT2D eigenvalue weighted by molar-refractivity contribution is -0.0652. The molecule has 7 nitrogen and oxygen atoms in total. The topological polar surface area (TPSA) is 106 Å². The Labute approximate surface area is 124 Å². The van der Waals surface area contributed by atoms with E-state index in [1.165, 1.54) is 25.5 Å². The molecule has 2 heterocycles. The highest BCUT2D eigenvalue weighted by Gasteiger charge is 2.28. The number of anilines is 1. The maximum absolute atomic E-state index is 13.1. The first-order valence-corrected chi connectivity index (χ1v) is 6.36. The summed E-state index contributed by atoms with van der Waals surface area (Å²) in [6.45, 7) is -2.01. The lowest BCUT2D eigenvalue weighted by Crippen LogP contribution is -2.28. The second-order valence-corrected chi connectivity index (χ2v) is 4.65. The summed E-state index contributed by atoms with van der Waals surface area (Å²) in [5.74, 6) is -3.70. The van der Waals surface area contributed by atoms with E-state index in [0.29, 0.717) is 11.3 Å². The molecule has 22 heavy (non-hydrogen) atoms. The third-order valence-electron chi connectivity index (χ3n) is 2.92. The maximum atomic E-state index is 13.1. The van der Waals surface area contributed by atoms with Crippen LogP contribution in [0.3, 0.4) is 0 Å². The lowest BCUT2D eigenvalue weighted by atomic mass is 10.2. The van der Waals surface area contributed by atoms with Crippen LogP contribution in [-0.4, -0.2) is 45.4 Å². The van der Waals surface area contributed by atoms with Crippen molar-refractivity contribution in [2.75, 3.05) is 19.4 Å². The van der Waals surface area contributed by atoms with Gasteiger partial charge in [-0.15, -0.1) is 0 Å². The van der Waals surface area contributed by atoms with Crippen molar-refractivity contribution in [3.05, 3.63) is 30.2 Å². The van der Waals surface area contributed by atoms with Crippen LogP contribution in [0.25, 0.3) is 11.3 Å². The Bertz CT molecular complexity index is 687. The summed E-state index contributed by atoms with van der Waals surface area (Å²) in [7, 11) is 1.45. The number of hydrogen-bond donors (Lipinski definition) is 3. The van der Waals surface area contributed by atoms with Crippen LogP contribution in [0.1, 0.15) is 10.5 Å². The Balaban J connectivity index is 2.30. The zero-order valence-electron chi connectivity index (χ0n) is 11.8. The van der Waals surface area contributed by atoms with Crippen LogP contribution in [0.4, 0.5) is 14.5 Å². The molecule has 1 amide bonds. The van der Waals surface area contributed by atoms with Gasteiger partial charge in [0.2, 0.25) is 0 Å². The molecule has 2 rings (SSSR count). The first-order chi connectivity index (χ1) is 10.4. The Morgan fingerprint density at radius 1 is 1.50 bits per heavy atom. The van der Waals surface area contributed by atoms with Crippen LogP contribution < -0.4 is 11.1 Å². The summed E-state index contributed by atoms with van der Waals surface area (Å²) >= 11 is 0. The van der Waals surface area contributed by atoms with E-state index in [4.69, 9.17) is 10.8 Å². The first-order valence-electron chi connectivity index (χ1n) is 6.36. The fraction of sp³-hybridized carbons (Fsp3) is 0.308. The molecule has 9 heteroatoms. The van der Waals surface area contributed by atoms with Gasteiger partial charge in [-0.2, -0.15) is 5.10 Å². The van der Waals surface area contributed by atoms with E-state index in [1.807, 2.05) is 0 Å². The van der Waals surface area contributed by atoms with Crippen LogP contribution in [-0.2, 0) is 6.54 Å². The highest BCUT2D eigenvalue weighted by molar-refractivity contribution is 5.97. The Kier molecular flexibility index (Phi) is 4.36. The molecule has 0 aliphatic heterocycles. The molecule has 118 valence electrons. The Hall–Kier alpha value is -2.55. The van der Waals surface area contributed by atoms with Crippen LogP contribution in [0.5, 0.6) is 0 Å². The van der Waals surface area contributed by atoms with Gasteiger partial charge >= 0.3 is 0 Å². The Morgan fingerprint density at radius 3 is 2.86 bits per heavy atom. The van der Waals surface area contributed by atoms with E-state index >= 15 is 0 Å². The number of alkyl halides is 2. The molecular formula is C13H15F2N5O2. The van der Waals surface area contributed by atoms with Gasteiger partial charge < -0.3 is 16.2 Å². The van der Waals surface area contributed by atoms with Crippen molar-refractivity contribution in [1.82, 2.24) is 20.1 Å². The lowest BCUT2D eigenvalue weighted by Gasteiger charge is -2.12. The SMILES string of the molecule is CNC(=O)c1nc(-c2cnn(CC(F)(F)CO)c2)ccc1N. The summed E-state index contributed by atoms with van der Waals surface area (Å²) in [6, 6.07) is 3.07. The number of carbonyl (C=O) groups is 1. The molecule has 0 fully saturated rings. The molecule has 0 aliphatic carbocycles. The summed E-state index contributed by atoms with van der Waals surface area (Å²) in [4.78, 5) is 15.8. The van der Waals surface area contributed by atoms with Gasteiger partial charge in [0.15, 0.2) is 5.69 Å². The van der Waals surface area contributed by atoms with Crippen molar-refractivity contribution < 1.29 is 18.7 Å². The molecule has 0 atom stereocenters. The number of hydrogen-bond acceptors (Lipinski definition) is 5. The molecule has 0 saturated heterocycles. The molecule has 4 N–H and O–H groups in total. The number of nitrogens with two attached hydrogens (primary N) is 1. The summed E-state index contributed by atoms with van der Waals surface area (Å²) in [6.07, 6.45) is 2.70. The minimum absolute atomic E-state index is 0.0495. The van der Waals surface area contributed by atoms with Gasteiger partial charge in [-0.3, -0.25) is 9.48 Å². The summed E-state index contributed by atoms with van der Waals surface area (Å²) in [5.41, 5.74) is 6.78. The van der Waals surface area contributed by atoms with Gasteiger partial charge in [0.1, 0.15) is 13.2 Å². The van der Waals surface area contributed by atoms with Gasteiger partial charge in [0, 0.05) is 18.8 Å². The molecule has 2 aromatic rings. The summed E-state index contributed by atoms with van der Waals surface area (Å²) < 4.78 is 27.2. The van der Waals surface area contributed by atoms with Crippen LogP contribution >= 0.6 is 0 Å². The van der Waals surface area contributed by atoms with Crippen molar-refractivity contribution in [1.29, 1.82) is 0 Å². The van der Waals surface area contributed by atoms with Gasteiger partial charge in [-0.25, -0.2) is 13.8 Å². The average Bonchev–Trinajstić information content (AvgIpc) is 2.94. The molecule has 0 saturated carbocycles. The number of aliphatic hydroxyl groups excluding tert-OH is 1. The number of amides is 1. The number of halogens is 2. The number of nitrogens with zero attached hydrogens (tertiary/aromatic N) is 3. The quantitative estimate of drug-likeness (QED) is 0.746. The van der Waals surface area contributed by atoms with Crippen molar-refractivity contribution in [2.24, 2.45) is 0 Å². The first kappa shape index (κ1) is 15.8. The fourth-order valence-corrected chi connectivity index (χ4v) is 1.80. The van der Waals surface area contributed by atoms with Gasteiger partial charge in [-0.05, 0) is 12.1 Å². The van der Waals surface area contributed by atoms with Gasteiger partial charge in [0.25, 0.3) is 11.8 Å². The van der Waals surface area contributed by atoms with Crippen LogP contribution in [0.15, 0.2) is 24.5 Å². The molecule has 0 aromatic carbocycles. The smallest absolute Gasteiger partial charge is 0.289 e. The Morgan fingerprint density at radius 2 is 2.23 bits per heavy atom. The predicted octanol–water partition coefficient (Wildman–Crippen LogP) is 0.514. The normalized spacial score (nSPS) is 11.5. The second kappa shape index (κ2) is 6.06. The van der Waals surface area contributed by atoms with Crippen LogP contribution in [0.2, 0.25) is 0 Å². The van der Waals surface area contributed by atoms with E-state index < -0.39 is 25.0 Å². The minimum atomic E-state index is -3.26. The zero-order chi connectivity index (χ0) is 16.3. The number of nitrogen functional groups attached to an aromatic ring is 1. The van der Waals surface area contributed by atoms with E-state index in [-0.39, 0.29) is 11.4 Å². The number of rotatable bonds is 5. The van der Waals surface area contributed by atoms with Gasteiger partial charge in [-0.1, -0.05) is 0 Å². The molecule has 0 radical (unpaired) electrons. The third-order valence-corrected chi connectivity index (χ3v) is 2.92. The van der Waals surface area contributed by atoms with Crippen LogP contribution in [0, 0.1) is 0 Å². The molecule has 0 aliphatic rings. The highest BCUT2D eigenvalue weighted by Crippen LogP contribution is 2.21. The van der Waals surface area contributed by atoms with E-state index in [9.17, 15) is 13.6 Å². The molecule has 0 spiro atoms. The van der Waals surface area contributed by atoms with Crippen molar-refractivity contribution in [3.63, 3.8) is 0 Å². The number of aromatic nitrogens is 3. The van der Waals surface area contributed by atoms with E-state index in [0.717, 1.165) is 4.68 Å². The zero-order valence-corrected chi connectivity index (χ0v) is 11.8. The van der Waals surface area contributed by atoms with Gasteiger partial charge in [0.05, 0.1) is 17.6 Å². The monoisotopic (exact) mass is 311 g/mol. The second-order valence-electron chi connectivity index (χ2n) is 4.65. The van der Waals surface area contributed by atoms with E-state index in [2.05, 4.69) is 15.4 Å². The van der Waals surface area contributed by atoms with Crippen molar-refractivity contribution >= 4 is 11.6 Å². The molecule has 0 unspecified atom stereocenters. The number of nitrogens with one attached hydrogen (secondary N) is 1. The molecule has 0 bridgehead atoms. The number of aliphatic hydroxyl groups is 1. The van der Waals surface area contributed by atoms with E-state index in [1.54, 1.807) is 6.07 Å². The fourth-order valence-electron chi connectivity index (χ4n) is 1.80. The predicted molar refractivity (Wildman–Crippen MR) is 75.3 cm³/mol. The standard InChI is InChI=1S/C13H15F2N5O2/c1-17-12(22)11-9(16)2-3-10(19-11)8-4-18-20(5-8)6-13(14,15)7-21/h2-5,21H,6-7,16H2,1H3,(H,17,22). The number of carbonyl (C=O) groups excluding carboxylic acids is 1. The minimum Gasteiger partial charge on any atom is -0.397 e. The molecular weight excluding hydrogens is 296 g/mol. The number of pyridine rings is 1. The highest BCUT2D eigenvalue weighted by atomic mass is 19.3. The van der Waals surface area contributed by atoms with Crippen molar-refractivity contribution in [2.45, 2.75) is 12.5 Å². The summed E-state index contributed by atoms with van der Waals surface area (Å²) in [5, 5.41) is 14.8. The van der Waals surface area contributed by atoms with Crippen molar-refractivity contribution in [3.8, 4) is 11.3 Å². The maximum Gasteiger partial charge on any atom is 0.289 e. The average molecular weight is 311 g/mol. The third kappa shape index (κ3) is 3.37. The largest absolute Gasteiger partial charge is 0.397 e.